The molecule has 8 heteroatoms. The van der Waals surface area contributed by atoms with E-state index in [1.807, 2.05) is 0 Å². The molecule has 0 spiro atoms. The fourth-order valence-electron chi connectivity index (χ4n) is 3.66. The summed E-state index contributed by atoms with van der Waals surface area (Å²) in [7, 11) is 0. The summed E-state index contributed by atoms with van der Waals surface area (Å²) in [6.07, 6.45) is -4.76. The van der Waals surface area contributed by atoms with Gasteiger partial charge < -0.3 is 19.3 Å². The number of ether oxygens (including phenoxy) is 3. The minimum atomic E-state index is -4.74. The molecule has 0 aliphatic heterocycles. The van der Waals surface area contributed by atoms with Gasteiger partial charge in [-0.1, -0.05) is 24.3 Å². The fourth-order valence-corrected chi connectivity index (χ4v) is 3.66. The molecule has 2 aromatic rings. The van der Waals surface area contributed by atoms with Gasteiger partial charge in [0.1, 0.15) is 17.6 Å². The molecule has 0 aromatic heterocycles. The van der Waals surface area contributed by atoms with Crippen LogP contribution in [0.1, 0.15) is 49.2 Å². The van der Waals surface area contributed by atoms with Crippen LogP contribution in [0.25, 0.3) is 0 Å². The van der Waals surface area contributed by atoms with Crippen LogP contribution in [-0.4, -0.2) is 24.0 Å². The monoisotopic (exact) mass is 424 g/mol. The molecule has 3 rings (SSSR count). The molecule has 5 nitrogen and oxygen atoms in total. The lowest BCUT2D eigenvalue weighted by atomic mass is 9.97. The second-order valence-corrected chi connectivity index (χ2v) is 7.09. The molecule has 1 N–H and O–H groups in total. The predicted molar refractivity (Wildman–Crippen MR) is 102 cm³/mol. The van der Waals surface area contributed by atoms with E-state index >= 15 is 0 Å². The van der Waals surface area contributed by atoms with Gasteiger partial charge in [0, 0.05) is 12.2 Å². The predicted octanol–water partition coefficient (Wildman–Crippen LogP) is 5.45. The van der Waals surface area contributed by atoms with Crippen LogP contribution >= 0.6 is 0 Å². The number of carbonyl (C=O) groups is 1. The average molecular weight is 424 g/mol. The van der Waals surface area contributed by atoms with Crippen molar-refractivity contribution >= 4 is 5.97 Å². The summed E-state index contributed by atoms with van der Waals surface area (Å²) in [5.74, 6) is -1.32. The number of rotatable bonds is 8. The summed E-state index contributed by atoms with van der Waals surface area (Å²) in [5, 5.41) is 9.29. The summed E-state index contributed by atoms with van der Waals surface area (Å²) in [6.45, 7) is 3.76. The quantitative estimate of drug-likeness (QED) is 0.611. The van der Waals surface area contributed by atoms with E-state index in [1.54, 1.807) is 44.2 Å². The van der Waals surface area contributed by atoms with E-state index in [9.17, 15) is 23.1 Å². The van der Waals surface area contributed by atoms with Crippen LogP contribution in [0.15, 0.2) is 42.5 Å². The van der Waals surface area contributed by atoms with Gasteiger partial charge in [0.25, 0.3) is 0 Å². The number of hydrogen-bond acceptors (Lipinski definition) is 4. The third kappa shape index (κ3) is 5.05. The minimum Gasteiger partial charge on any atom is -0.486 e. The maximum Gasteiger partial charge on any atom is 0.573 e. The van der Waals surface area contributed by atoms with Crippen LogP contribution in [0.5, 0.6) is 11.5 Å². The minimum absolute atomic E-state index is 0.191. The van der Waals surface area contributed by atoms with Gasteiger partial charge in [-0.15, -0.1) is 13.2 Å². The SMILES string of the molecule is CCO[C@H](c1ccc(O[C@@H]2CCc3c(OC(F)(F)F)cccc32)cc1)C(C)C(=O)O. The van der Waals surface area contributed by atoms with E-state index < -0.39 is 24.4 Å². The smallest absolute Gasteiger partial charge is 0.486 e. The topological polar surface area (TPSA) is 65.0 Å². The van der Waals surface area contributed by atoms with Crippen molar-refractivity contribution in [3.8, 4) is 11.5 Å². The lowest BCUT2D eigenvalue weighted by Crippen LogP contribution is -2.21. The molecule has 30 heavy (non-hydrogen) atoms. The number of benzene rings is 2. The molecule has 3 atom stereocenters. The summed E-state index contributed by atoms with van der Waals surface area (Å²) in [4.78, 5) is 11.3. The standard InChI is InChI=1S/C22H23F3O5/c1-3-28-20(13(2)21(26)27)14-7-9-15(10-8-14)29-18-12-11-17-16(18)5-4-6-19(17)30-22(23,24)25/h4-10,13,18,20H,3,11-12H2,1-2H3,(H,26,27)/t13?,18-,20+/m1/s1. The summed E-state index contributed by atoms with van der Waals surface area (Å²) < 4.78 is 53.6. The van der Waals surface area contributed by atoms with Gasteiger partial charge in [-0.2, -0.15) is 0 Å². The van der Waals surface area contributed by atoms with Crippen molar-refractivity contribution in [1.29, 1.82) is 0 Å². The summed E-state index contributed by atoms with van der Waals surface area (Å²) in [6, 6.07) is 11.5. The maximum absolute atomic E-state index is 12.6. The largest absolute Gasteiger partial charge is 0.573 e. The first-order valence-electron chi connectivity index (χ1n) is 9.68. The van der Waals surface area contributed by atoms with Crippen LogP contribution in [0.4, 0.5) is 13.2 Å². The first kappa shape index (κ1) is 22.0. The number of alkyl halides is 3. The van der Waals surface area contributed by atoms with Crippen LogP contribution in [-0.2, 0) is 16.0 Å². The number of fused-ring (bicyclic) bond motifs is 1. The van der Waals surface area contributed by atoms with E-state index in [1.165, 1.54) is 12.1 Å². The van der Waals surface area contributed by atoms with Gasteiger partial charge in [-0.25, -0.2) is 0 Å². The van der Waals surface area contributed by atoms with E-state index in [4.69, 9.17) is 9.47 Å². The Morgan fingerprint density at radius 3 is 2.50 bits per heavy atom. The Morgan fingerprint density at radius 2 is 1.90 bits per heavy atom. The van der Waals surface area contributed by atoms with E-state index in [-0.39, 0.29) is 11.9 Å². The zero-order valence-corrected chi connectivity index (χ0v) is 16.6. The summed E-state index contributed by atoms with van der Waals surface area (Å²) >= 11 is 0. The van der Waals surface area contributed by atoms with Crippen molar-refractivity contribution in [2.24, 2.45) is 5.92 Å². The Bertz CT molecular complexity index is 879. The highest BCUT2D eigenvalue weighted by Gasteiger charge is 2.35. The molecule has 0 amide bonds. The molecule has 0 saturated carbocycles. The van der Waals surface area contributed by atoms with Crippen LogP contribution in [0.3, 0.4) is 0 Å². The Morgan fingerprint density at radius 1 is 1.20 bits per heavy atom. The maximum atomic E-state index is 12.6. The second-order valence-electron chi connectivity index (χ2n) is 7.09. The highest BCUT2D eigenvalue weighted by atomic mass is 19.4. The van der Waals surface area contributed by atoms with Crippen molar-refractivity contribution in [2.45, 2.75) is 45.3 Å². The van der Waals surface area contributed by atoms with Gasteiger partial charge in [-0.05, 0) is 56.0 Å². The van der Waals surface area contributed by atoms with Gasteiger partial charge in [0.2, 0.25) is 0 Å². The number of hydrogen-bond donors (Lipinski definition) is 1. The highest BCUT2D eigenvalue weighted by Crippen LogP contribution is 2.41. The first-order chi connectivity index (χ1) is 14.2. The van der Waals surface area contributed by atoms with Crippen molar-refractivity contribution in [2.75, 3.05) is 6.61 Å². The molecule has 1 aliphatic carbocycles. The average Bonchev–Trinajstić information content (AvgIpc) is 3.09. The molecule has 162 valence electrons. The van der Waals surface area contributed by atoms with Crippen molar-refractivity contribution < 1.29 is 37.3 Å². The van der Waals surface area contributed by atoms with Crippen molar-refractivity contribution in [3.63, 3.8) is 0 Å². The molecular formula is C22H23F3O5. The molecule has 1 aliphatic rings. The van der Waals surface area contributed by atoms with Crippen LogP contribution in [0.2, 0.25) is 0 Å². The van der Waals surface area contributed by atoms with Crippen LogP contribution in [0, 0.1) is 5.92 Å². The molecule has 0 bridgehead atoms. The Balaban J connectivity index is 1.75. The third-order valence-electron chi connectivity index (χ3n) is 5.08. The zero-order valence-electron chi connectivity index (χ0n) is 16.6. The van der Waals surface area contributed by atoms with Crippen LogP contribution < -0.4 is 9.47 Å². The molecule has 1 unspecified atom stereocenters. The third-order valence-corrected chi connectivity index (χ3v) is 5.08. The van der Waals surface area contributed by atoms with Gasteiger partial charge in [0.15, 0.2) is 0 Å². The van der Waals surface area contributed by atoms with Crippen molar-refractivity contribution in [1.82, 2.24) is 0 Å². The molecule has 0 saturated heterocycles. The van der Waals surface area contributed by atoms with Gasteiger partial charge in [-0.3, -0.25) is 4.79 Å². The first-order valence-corrected chi connectivity index (χ1v) is 9.68. The highest BCUT2D eigenvalue weighted by molar-refractivity contribution is 5.70. The zero-order chi connectivity index (χ0) is 21.9. The molecule has 0 radical (unpaired) electrons. The normalized spacial score (nSPS) is 17.8. The molecular weight excluding hydrogens is 401 g/mol. The Kier molecular flexibility index (Phi) is 6.55. The number of carboxylic acid groups (broad SMARTS) is 1. The lowest BCUT2D eigenvalue weighted by molar-refractivity contribution is -0.274. The number of halogens is 3. The summed E-state index contributed by atoms with van der Waals surface area (Å²) in [5.41, 5.74) is 1.89. The molecule has 0 heterocycles. The van der Waals surface area contributed by atoms with Crippen molar-refractivity contribution in [3.05, 3.63) is 59.2 Å². The van der Waals surface area contributed by atoms with E-state index in [2.05, 4.69) is 4.74 Å². The number of carboxylic acids is 1. The Hall–Kier alpha value is -2.74. The van der Waals surface area contributed by atoms with Gasteiger partial charge >= 0.3 is 12.3 Å². The molecule has 0 fully saturated rings. The van der Waals surface area contributed by atoms with Gasteiger partial charge in [0.05, 0.1) is 12.0 Å². The second kappa shape index (κ2) is 8.95. The lowest BCUT2D eigenvalue weighted by Gasteiger charge is -2.22. The number of aliphatic carboxylic acids is 1. The Labute approximate surface area is 172 Å². The fraction of sp³-hybridized carbons (Fsp3) is 0.409. The molecule has 2 aromatic carbocycles. The van der Waals surface area contributed by atoms with E-state index in [0.717, 1.165) is 0 Å². The van der Waals surface area contributed by atoms with E-state index in [0.29, 0.717) is 41.9 Å².